The lowest BCUT2D eigenvalue weighted by molar-refractivity contribution is -0.134. The Bertz CT molecular complexity index is 1000. The van der Waals surface area contributed by atoms with E-state index in [9.17, 15) is 9.59 Å². The Balaban J connectivity index is 1.94. The first-order chi connectivity index (χ1) is 17.9. The fourth-order valence-electron chi connectivity index (χ4n) is 3.43. The van der Waals surface area contributed by atoms with Gasteiger partial charge in [0.1, 0.15) is 5.75 Å². The molecule has 0 atom stereocenters. The van der Waals surface area contributed by atoms with Crippen molar-refractivity contribution in [1.29, 1.82) is 0 Å². The van der Waals surface area contributed by atoms with E-state index in [0.717, 1.165) is 0 Å². The quantitative estimate of drug-likeness (QED) is 0.0981. The third-order valence-electron chi connectivity index (χ3n) is 5.08. The summed E-state index contributed by atoms with van der Waals surface area (Å²) in [6.07, 6.45) is 3.57. The van der Waals surface area contributed by atoms with Gasteiger partial charge in [-0.1, -0.05) is 6.07 Å². The average molecular weight is 533 g/mol. The first kappa shape index (κ1) is 30.0. The van der Waals surface area contributed by atoms with Crippen LogP contribution in [0.5, 0.6) is 17.2 Å². The van der Waals surface area contributed by atoms with Crippen LogP contribution >= 0.6 is 0 Å². The predicted octanol–water partition coefficient (Wildman–Crippen LogP) is 4.92. The van der Waals surface area contributed by atoms with Crippen molar-refractivity contribution < 1.29 is 41.8 Å². The molecule has 2 aromatic carbocycles. The highest BCUT2D eigenvalue weighted by Gasteiger charge is 2.39. The van der Waals surface area contributed by atoms with Crippen LogP contribution < -0.4 is 14.2 Å². The number of methoxy groups -OCH3 is 2. The number of hydrogen-bond acceptors (Lipinski definition) is 9. The molecule has 2 rings (SSSR count). The zero-order chi connectivity index (χ0) is 27.1. The maximum atomic E-state index is 12.7. The van der Waals surface area contributed by atoms with E-state index >= 15 is 0 Å². The fraction of sp³-hybridized carbons (Fsp3) is 0.407. The summed E-state index contributed by atoms with van der Waals surface area (Å²) < 4.78 is 38.8. The number of carbonyl (C=O) groups excluding carboxylic acids is 2. The van der Waals surface area contributed by atoms with Crippen LogP contribution in [0.25, 0.3) is 6.08 Å². The average Bonchev–Trinajstić information content (AvgIpc) is 2.91. The Labute approximate surface area is 219 Å². The van der Waals surface area contributed by atoms with Gasteiger partial charge in [0.25, 0.3) is 0 Å². The van der Waals surface area contributed by atoms with E-state index in [4.69, 9.17) is 27.5 Å². The van der Waals surface area contributed by atoms with Crippen molar-refractivity contribution in [2.75, 3.05) is 40.6 Å². The largest absolute Gasteiger partial charge is 0.501 e. The summed E-state index contributed by atoms with van der Waals surface area (Å²) in [5.41, 5.74) is 1.05. The first-order valence-corrected chi connectivity index (χ1v) is 14.1. The molecular formula is C27H36O9Si. The molecule has 0 saturated carbocycles. The van der Waals surface area contributed by atoms with Crippen molar-refractivity contribution in [2.24, 2.45) is 0 Å². The molecule has 2 aromatic rings. The molecule has 0 aliphatic carbocycles. The second kappa shape index (κ2) is 15.8. The number of esters is 2. The second-order valence-electron chi connectivity index (χ2n) is 7.61. The summed E-state index contributed by atoms with van der Waals surface area (Å²) in [7, 11) is 0.0762. The summed E-state index contributed by atoms with van der Waals surface area (Å²) in [6.45, 7) is 7.85. The molecule has 0 radical (unpaired) electrons. The summed E-state index contributed by atoms with van der Waals surface area (Å²) in [6, 6.07) is 12.3. The third kappa shape index (κ3) is 9.65. The molecule has 0 spiro atoms. The minimum Gasteiger partial charge on any atom is -0.494 e. The molecule has 9 nitrogen and oxygen atoms in total. The van der Waals surface area contributed by atoms with Gasteiger partial charge in [-0.2, -0.15) is 0 Å². The highest BCUT2D eigenvalue weighted by atomic mass is 28.4. The molecule has 10 heteroatoms. The van der Waals surface area contributed by atoms with Gasteiger partial charge in [-0.25, -0.2) is 9.59 Å². The van der Waals surface area contributed by atoms with Crippen LogP contribution in [0.3, 0.4) is 0 Å². The Morgan fingerprint density at radius 2 is 1.51 bits per heavy atom. The standard InChI is InChI=1S/C27H36O9Si/c1-6-33-37(34-7-2,35-8-3)19-9-18-32-23-14-12-22(13-15-23)27(29)36-24-16-10-21(20-25(24)30-4)11-17-26(28)31-5/h10-17,20H,6-9,18-19H2,1-5H3. The molecule has 202 valence electrons. The first-order valence-electron chi connectivity index (χ1n) is 12.2. The third-order valence-corrected chi connectivity index (χ3v) is 8.23. The lowest BCUT2D eigenvalue weighted by atomic mass is 10.2. The molecule has 0 unspecified atom stereocenters. The summed E-state index contributed by atoms with van der Waals surface area (Å²) in [4.78, 5) is 23.9. The molecule has 0 bridgehead atoms. The van der Waals surface area contributed by atoms with Crippen LogP contribution in [-0.4, -0.2) is 61.4 Å². The lowest BCUT2D eigenvalue weighted by Gasteiger charge is -2.28. The Morgan fingerprint density at radius 1 is 0.865 bits per heavy atom. The topological polar surface area (TPSA) is 98.8 Å². The Hall–Kier alpha value is -3.18. The molecule has 0 heterocycles. The van der Waals surface area contributed by atoms with E-state index in [2.05, 4.69) is 4.74 Å². The normalized spacial score (nSPS) is 11.4. The van der Waals surface area contributed by atoms with Crippen LogP contribution in [0.15, 0.2) is 48.5 Å². The van der Waals surface area contributed by atoms with Gasteiger partial charge >= 0.3 is 20.7 Å². The van der Waals surface area contributed by atoms with Gasteiger partial charge < -0.3 is 32.2 Å². The van der Waals surface area contributed by atoms with Crippen molar-refractivity contribution in [3.05, 3.63) is 59.7 Å². The molecule has 0 N–H and O–H groups in total. The fourth-order valence-corrected chi connectivity index (χ4v) is 6.01. The highest BCUT2D eigenvalue weighted by molar-refractivity contribution is 6.60. The minimum atomic E-state index is -2.69. The van der Waals surface area contributed by atoms with Crippen LogP contribution in [-0.2, 0) is 22.8 Å². The van der Waals surface area contributed by atoms with Crippen LogP contribution in [0.1, 0.15) is 43.1 Å². The Morgan fingerprint density at radius 3 is 2.08 bits per heavy atom. The SMILES string of the molecule is CCO[Si](CCCOc1ccc(C(=O)Oc2ccc(C=CC(=O)OC)cc2OC)cc1)(OCC)OCC. The number of benzene rings is 2. The van der Waals surface area contributed by atoms with E-state index < -0.39 is 20.7 Å². The van der Waals surface area contributed by atoms with Gasteiger partial charge in [-0.05, 0) is 75.2 Å². The maximum Gasteiger partial charge on any atom is 0.501 e. The maximum absolute atomic E-state index is 12.7. The van der Waals surface area contributed by atoms with E-state index in [-0.39, 0.29) is 5.75 Å². The molecule has 0 fully saturated rings. The lowest BCUT2D eigenvalue weighted by Crippen LogP contribution is -2.46. The molecule has 37 heavy (non-hydrogen) atoms. The van der Waals surface area contributed by atoms with Crippen LogP contribution in [0.4, 0.5) is 0 Å². The van der Waals surface area contributed by atoms with E-state index in [1.165, 1.54) is 20.3 Å². The number of rotatable bonds is 16. The Kier molecular flexibility index (Phi) is 12.9. The highest BCUT2D eigenvalue weighted by Crippen LogP contribution is 2.29. The molecule has 0 aliphatic rings. The van der Waals surface area contributed by atoms with Crippen LogP contribution in [0, 0.1) is 0 Å². The summed E-state index contributed by atoms with van der Waals surface area (Å²) in [5.74, 6) is 0.231. The van der Waals surface area contributed by atoms with E-state index in [0.29, 0.717) is 61.5 Å². The van der Waals surface area contributed by atoms with E-state index in [1.54, 1.807) is 48.5 Å². The van der Waals surface area contributed by atoms with E-state index in [1.807, 2.05) is 20.8 Å². The predicted molar refractivity (Wildman–Crippen MR) is 141 cm³/mol. The van der Waals surface area contributed by atoms with Crippen molar-refractivity contribution in [2.45, 2.75) is 33.2 Å². The second-order valence-corrected chi connectivity index (χ2v) is 10.3. The zero-order valence-electron chi connectivity index (χ0n) is 22.1. The number of hydrogen-bond donors (Lipinski definition) is 0. The monoisotopic (exact) mass is 532 g/mol. The zero-order valence-corrected chi connectivity index (χ0v) is 23.1. The van der Waals surface area contributed by atoms with Crippen molar-refractivity contribution in [3.8, 4) is 17.2 Å². The van der Waals surface area contributed by atoms with Gasteiger partial charge in [0.15, 0.2) is 11.5 Å². The van der Waals surface area contributed by atoms with Gasteiger partial charge in [0.05, 0.1) is 26.4 Å². The smallest absolute Gasteiger partial charge is 0.494 e. The van der Waals surface area contributed by atoms with Gasteiger partial charge in [0.2, 0.25) is 0 Å². The van der Waals surface area contributed by atoms with Crippen LogP contribution in [0.2, 0.25) is 6.04 Å². The van der Waals surface area contributed by atoms with Gasteiger partial charge in [-0.3, -0.25) is 0 Å². The number of ether oxygens (including phenoxy) is 4. The van der Waals surface area contributed by atoms with Gasteiger partial charge in [-0.15, -0.1) is 0 Å². The molecule has 0 aromatic heterocycles. The van der Waals surface area contributed by atoms with Crippen molar-refractivity contribution in [1.82, 2.24) is 0 Å². The molecular weight excluding hydrogens is 496 g/mol. The van der Waals surface area contributed by atoms with Gasteiger partial charge in [0, 0.05) is 31.9 Å². The molecule has 0 saturated heterocycles. The summed E-state index contributed by atoms with van der Waals surface area (Å²) >= 11 is 0. The molecule has 0 amide bonds. The summed E-state index contributed by atoms with van der Waals surface area (Å²) in [5, 5.41) is 0. The minimum absolute atomic E-state index is 0.258. The van der Waals surface area contributed by atoms with Crippen molar-refractivity contribution >= 4 is 26.8 Å². The number of carbonyl (C=O) groups is 2. The molecule has 0 aliphatic heterocycles. The van der Waals surface area contributed by atoms with Crippen molar-refractivity contribution in [3.63, 3.8) is 0 Å².